The van der Waals surface area contributed by atoms with E-state index in [1.807, 2.05) is 57.4 Å². The molecular weight excluding hydrogens is 1100 g/mol. The summed E-state index contributed by atoms with van der Waals surface area (Å²) in [5.74, 6) is -0.622. The number of rotatable bonds is 15. The van der Waals surface area contributed by atoms with Gasteiger partial charge in [-0.25, -0.2) is 0 Å². The molecular formula is C72H76IrN3. The van der Waals surface area contributed by atoms with Crippen LogP contribution >= 0.6 is 0 Å². The summed E-state index contributed by atoms with van der Waals surface area (Å²) in [6.07, 6.45) is 21.3. The third-order valence-corrected chi connectivity index (χ3v) is 17.0. The fourth-order valence-corrected chi connectivity index (χ4v) is 13.2. The standard InChI is InChI=1S/C72H76N3.Ir/c1-69(2,3)50-61-51-75-68(46-65(61)60-21-17-20-59(45-60)55-18-7-6-8-19-55)58-24-30-62(31-25-58)70(4,5)47-52-42-53(48-71(36-11-12-37-71)63-32-26-56(27-33-63)66-22-9-15-40-73-66)44-54(43-52)49-72(38-13-14-39-72)64-34-28-57(29-35-64)67-23-10-16-41-74-67;/h9-10,15-17,20-24,26,28,30-35,40-46,51,55H,6-8,11-14,18-19,36-39,47-50H2,1-5H3;/q-3;+3/i50D2,55D;. The molecule has 0 unspecified atom stereocenters. The monoisotopic (exact) mass is 1180 g/mol. The minimum Gasteiger partial charge on any atom is -0.305 e. The van der Waals surface area contributed by atoms with Crippen LogP contribution in [0.4, 0.5) is 0 Å². The third kappa shape index (κ3) is 12.2. The second-order valence-corrected chi connectivity index (χ2v) is 24.2. The minimum atomic E-state index is -1.66. The average molecular weight is 1180 g/mol. The Labute approximate surface area is 473 Å². The van der Waals surface area contributed by atoms with Crippen molar-refractivity contribution in [1.29, 1.82) is 0 Å². The Morgan fingerprint density at radius 2 is 1.11 bits per heavy atom. The van der Waals surface area contributed by atoms with Gasteiger partial charge < -0.3 is 15.0 Å². The zero-order chi connectivity index (χ0) is 54.2. The summed E-state index contributed by atoms with van der Waals surface area (Å²) >= 11 is 0. The van der Waals surface area contributed by atoms with Crippen LogP contribution in [0.5, 0.6) is 0 Å². The van der Waals surface area contributed by atoms with Crippen LogP contribution in [0, 0.1) is 23.6 Å². The van der Waals surface area contributed by atoms with Crippen LogP contribution in [0.2, 0.25) is 0 Å². The SMILES string of the molecule is [2H]C1(c2cccc(-c3cc(-c4[c-]cc(C(C)(C)Cc5cc(CC6(c7c[c-]c(-c8ccccn8)cc7)CCCC6)cc(CC6(c7c[c-]c(-c8ccccn8)cc7)CCCC6)c5)cc4)ncc3C([2H])([2H])C(C)(C)C)c2)CCCCC1.[Ir+3]. The number of benzene rings is 5. The molecule has 0 bridgehead atoms. The fourth-order valence-electron chi connectivity index (χ4n) is 13.2. The molecule has 5 aromatic carbocycles. The molecule has 3 fully saturated rings. The first-order valence-electron chi connectivity index (χ1n) is 29.6. The molecule has 8 aromatic rings. The Kier molecular flexibility index (Phi) is 15.1. The maximum absolute atomic E-state index is 9.47. The van der Waals surface area contributed by atoms with Gasteiger partial charge in [-0.05, 0) is 134 Å². The first-order valence-corrected chi connectivity index (χ1v) is 28.1. The molecule has 0 spiro atoms. The van der Waals surface area contributed by atoms with Crippen molar-refractivity contribution in [1.82, 2.24) is 15.0 Å². The first-order chi connectivity index (χ1) is 37.5. The Bertz CT molecular complexity index is 3210. The molecule has 3 aliphatic rings. The predicted octanol–water partition coefficient (Wildman–Crippen LogP) is 18.2. The van der Waals surface area contributed by atoms with Gasteiger partial charge in [0.1, 0.15) is 0 Å². The van der Waals surface area contributed by atoms with Gasteiger partial charge in [0.05, 0.1) is 0 Å². The maximum atomic E-state index is 9.47. The smallest absolute Gasteiger partial charge is 0.305 e. The normalized spacial score (nSPS) is 17.8. The number of pyridine rings is 3. The molecule has 0 N–H and O–H groups in total. The van der Waals surface area contributed by atoms with Crippen LogP contribution in [0.25, 0.3) is 44.9 Å². The summed E-state index contributed by atoms with van der Waals surface area (Å²) in [6.45, 7) is 10.6. The summed E-state index contributed by atoms with van der Waals surface area (Å²) in [7, 11) is 0. The molecule has 388 valence electrons. The molecule has 0 saturated heterocycles. The van der Waals surface area contributed by atoms with Crippen LogP contribution < -0.4 is 0 Å². The van der Waals surface area contributed by atoms with E-state index < -0.39 is 17.7 Å². The van der Waals surface area contributed by atoms with Crippen molar-refractivity contribution in [2.45, 2.75) is 166 Å². The minimum absolute atomic E-state index is 0. The second kappa shape index (κ2) is 23.0. The summed E-state index contributed by atoms with van der Waals surface area (Å²) in [5.41, 5.74) is 16.4. The van der Waals surface area contributed by atoms with Crippen LogP contribution in [-0.2, 0) is 62.0 Å². The van der Waals surface area contributed by atoms with Gasteiger partial charge in [-0.1, -0.05) is 178 Å². The van der Waals surface area contributed by atoms with E-state index in [1.165, 1.54) is 91.2 Å². The Hall–Kier alpha value is -5.80. The van der Waals surface area contributed by atoms with Gasteiger partial charge in [0.15, 0.2) is 0 Å². The van der Waals surface area contributed by atoms with Gasteiger partial charge in [-0.2, -0.15) is 0 Å². The van der Waals surface area contributed by atoms with Gasteiger partial charge in [0.2, 0.25) is 0 Å². The van der Waals surface area contributed by atoms with Crippen LogP contribution in [0.15, 0.2) is 158 Å². The van der Waals surface area contributed by atoms with Gasteiger partial charge in [0.25, 0.3) is 0 Å². The number of hydrogen-bond donors (Lipinski definition) is 0. The van der Waals surface area contributed by atoms with Crippen LogP contribution in [0.3, 0.4) is 0 Å². The molecule has 4 heteroatoms. The van der Waals surface area contributed by atoms with E-state index in [1.54, 1.807) is 6.20 Å². The van der Waals surface area contributed by atoms with Crippen molar-refractivity contribution in [3.8, 4) is 44.9 Å². The van der Waals surface area contributed by atoms with Gasteiger partial charge in [0, 0.05) is 22.7 Å². The Balaban J connectivity index is 0.00000704. The molecule has 3 nitrogen and oxygen atoms in total. The van der Waals surface area contributed by atoms with Crippen molar-refractivity contribution in [3.05, 3.63) is 221 Å². The molecule has 11 rings (SSSR count). The number of aromatic nitrogens is 3. The van der Waals surface area contributed by atoms with Crippen molar-refractivity contribution in [2.24, 2.45) is 5.41 Å². The number of nitrogens with zero attached hydrogens (tertiary/aromatic N) is 3. The van der Waals surface area contributed by atoms with Gasteiger partial charge >= 0.3 is 20.1 Å². The predicted molar refractivity (Wildman–Crippen MR) is 311 cm³/mol. The van der Waals surface area contributed by atoms with E-state index in [0.29, 0.717) is 5.56 Å². The average Bonchev–Trinajstić information content (AvgIpc) is 4.15. The van der Waals surface area contributed by atoms with Crippen LogP contribution in [-0.4, -0.2) is 15.0 Å². The topological polar surface area (TPSA) is 38.7 Å². The van der Waals surface area contributed by atoms with E-state index in [9.17, 15) is 4.11 Å². The van der Waals surface area contributed by atoms with E-state index in [4.69, 9.17) is 4.98 Å². The van der Waals surface area contributed by atoms with E-state index in [2.05, 4.69) is 157 Å². The van der Waals surface area contributed by atoms with E-state index >= 15 is 0 Å². The summed E-state index contributed by atoms with van der Waals surface area (Å²) < 4.78 is 28.3. The molecule has 76 heavy (non-hydrogen) atoms. The molecule has 3 saturated carbocycles. The van der Waals surface area contributed by atoms with Gasteiger partial charge in [-0.3, -0.25) is 0 Å². The van der Waals surface area contributed by atoms with Crippen molar-refractivity contribution >= 4 is 0 Å². The molecule has 3 aromatic heterocycles. The zero-order valence-electron chi connectivity index (χ0n) is 48.5. The van der Waals surface area contributed by atoms with E-state index in [-0.39, 0.29) is 36.4 Å². The molecule has 0 radical (unpaired) electrons. The van der Waals surface area contributed by atoms with Crippen molar-refractivity contribution in [2.75, 3.05) is 0 Å². The maximum Gasteiger partial charge on any atom is 3.00 e. The number of hydrogen-bond acceptors (Lipinski definition) is 3. The summed E-state index contributed by atoms with van der Waals surface area (Å²) in [5, 5.41) is 0. The second-order valence-electron chi connectivity index (χ2n) is 24.2. The summed E-state index contributed by atoms with van der Waals surface area (Å²) in [6, 6.07) is 61.5. The largest absolute Gasteiger partial charge is 3.00 e. The third-order valence-electron chi connectivity index (χ3n) is 17.0. The zero-order valence-corrected chi connectivity index (χ0v) is 47.9. The molecule has 3 aliphatic carbocycles. The van der Waals surface area contributed by atoms with Crippen molar-refractivity contribution in [3.63, 3.8) is 0 Å². The molecule has 3 heterocycles. The Morgan fingerprint density at radius 1 is 0.553 bits per heavy atom. The Morgan fingerprint density at radius 3 is 1.62 bits per heavy atom. The first kappa shape index (κ1) is 49.8. The molecule has 0 atom stereocenters. The van der Waals surface area contributed by atoms with Crippen molar-refractivity contribution < 1.29 is 24.2 Å². The molecule has 0 aliphatic heterocycles. The molecule has 0 amide bonds. The fraction of sp³-hybridized carbons (Fsp3) is 0.375. The quantitative estimate of drug-likeness (QED) is 0.0960. The van der Waals surface area contributed by atoms with Gasteiger partial charge in [-0.15, -0.1) is 106 Å². The van der Waals surface area contributed by atoms with E-state index in [0.717, 1.165) is 95.4 Å². The summed E-state index contributed by atoms with van der Waals surface area (Å²) in [4.78, 5) is 14.2. The van der Waals surface area contributed by atoms with Crippen LogP contribution in [0.1, 0.15) is 173 Å².